The molecule has 2 amide bonds. The van der Waals surface area contributed by atoms with Gasteiger partial charge in [-0.2, -0.15) is 15.4 Å². The summed E-state index contributed by atoms with van der Waals surface area (Å²) in [5.74, 6) is -0.521. The van der Waals surface area contributed by atoms with Gasteiger partial charge in [0.2, 0.25) is 0 Å². The first-order chi connectivity index (χ1) is 9.85. The van der Waals surface area contributed by atoms with Crippen LogP contribution in [0.4, 0.5) is 5.69 Å². The van der Waals surface area contributed by atoms with Gasteiger partial charge in [0.15, 0.2) is 5.69 Å². The van der Waals surface area contributed by atoms with E-state index in [0.29, 0.717) is 11.3 Å². The first kappa shape index (κ1) is 14.7. The SMILES string of the molecule is CC(C)(C)NC(=O)c1ccc(NC(=O)c2cn[nH]n2)cc1. The van der Waals surface area contributed by atoms with Gasteiger partial charge >= 0.3 is 0 Å². The van der Waals surface area contributed by atoms with Crippen molar-refractivity contribution >= 4 is 17.5 Å². The van der Waals surface area contributed by atoms with Crippen molar-refractivity contribution < 1.29 is 9.59 Å². The second kappa shape index (κ2) is 5.74. The van der Waals surface area contributed by atoms with Crippen molar-refractivity contribution in [3.05, 3.63) is 41.7 Å². The quantitative estimate of drug-likeness (QED) is 0.798. The summed E-state index contributed by atoms with van der Waals surface area (Å²) in [6.45, 7) is 5.74. The van der Waals surface area contributed by atoms with E-state index in [1.54, 1.807) is 24.3 Å². The van der Waals surface area contributed by atoms with E-state index in [0.717, 1.165) is 0 Å². The molecule has 21 heavy (non-hydrogen) atoms. The molecule has 2 rings (SSSR count). The first-order valence-corrected chi connectivity index (χ1v) is 6.45. The lowest BCUT2D eigenvalue weighted by molar-refractivity contribution is 0.0919. The Hall–Kier alpha value is -2.70. The summed E-state index contributed by atoms with van der Waals surface area (Å²) in [6, 6.07) is 6.63. The van der Waals surface area contributed by atoms with E-state index < -0.39 is 0 Å². The Labute approximate surface area is 122 Å². The predicted octanol–water partition coefficient (Wildman–Crippen LogP) is 1.59. The molecule has 2 aromatic rings. The molecule has 0 aliphatic carbocycles. The van der Waals surface area contributed by atoms with Gasteiger partial charge in [0, 0.05) is 16.8 Å². The molecule has 0 atom stereocenters. The number of aromatic amines is 1. The Bertz CT molecular complexity index is 626. The van der Waals surface area contributed by atoms with E-state index >= 15 is 0 Å². The maximum atomic E-state index is 12.0. The third kappa shape index (κ3) is 4.13. The highest BCUT2D eigenvalue weighted by Crippen LogP contribution is 2.11. The summed E-state index contributed by atoms with van der Waals surface area (Å²) in [5, 5.41) is 15.2. The van der Waals surface area contributed by atoms with Crippen molar-refractivity contribution in [2.24, 2.45) is 0 Å². The van der Waals surface area contributed by atoms with Gasteiger partial charge in [-0.3, -0.25) is 9.59 Å². The van der Waals surface area contributed by atoms with Gasteiger partial charge in [0.25, 0.3) is 11.8 Å². The van der Waals surface area contributed by atoms with Crippen LogP contribution >= 0.6 is 0 Å². The summed E-state index contributed by atoms with van der Waals surface area (Å²) in [5.41, 5.74) is 1.01. The zero-order valence-corrected chi connectivity index (χ0v) is 12.1. The number of benzene rings is 1. The smallest absolute Gasteiger partial charge is 0.277 e. The number of hydrogen-bond acceptors (Lipinski definition) is 4. The van der Waals surface area contributed by atoms with Gasteiger partial charge in [0.1, 0.15) is 0 Å². The van der Waals surface area contributed by atoms with Crippen molar-refractivity contribution in [3.63, 3.8) is 0 Å². The summed E-state index contributed by atoms with van der Waals surface area (Å²) in [7, 11) is 0. The van der Waals surface area contributed by atoms with Crippen LogP contribution in [-0.4, -0.2) is 32.8 Å². The van der Waals surface area contributed by atoms with Gasteiger partial charge < -0.3 is 10.6 Å². The van der Waals surface area contributed by atoms with Crippen molar-refractivity contribution in [1.82, 2.24) is 20.7 Å². The van der Waals surface area contributed by atoms with E-state index in [4.69, 9.17) is 0 Å². The topological polar surface area (TPSA) is 99.8 Å². The van der Waals surface area contributed by atoms with E-state index in [-0.39, 0.29) is 23.0 Å². The maximum Gasteiger partial charge on any atom is 0.277 e. The van der Waals surface area contributed by atoms with Gasteiger partial charge in [-0.1, -0.05) is 0 Å². The Kier molecular flexibility index (Phi) is 4.02. The third-order valence-corrected chi connectivity index (χ3v) is 2.54. The minimum atomic E-state index is -0.365. The average molecular weight is 287 g/mol. The molecular formula is C14H17N5O2. The molecule has 1 aromatic heterocycles. The molecular weight excluding hydrogens is 270 g/mol. The van der Waals surface area contributed by atoms with Crippen LogP contribution < -0.4 is 10.6 Å². The van der Waals surface area contributed by atoms with Crippen LogP contribution in [-0.2, 0) is 0 Å². The predicted molar refractivity (Wildman–Crippen MR) is 78.0 cm³/mol. The number of anilines is 1. The Morgan fingerprint density at radius 2 is 1.76 bits per heavy atom. The Morgan fingerprint density at radius 3 is 2.29 bits per heavy atom. The zero-order valence-electron chi connectivity index (χ0n) is 12.1. The second-order valence-electron chi connectivity index (χ2n) is 5.59. The Balaban J connectivity index is 2.02. The maximum absolute atomic E-state index is 12.0. The van der Waals surface area contributed by atoms with Crippen LogP contribution in [0.3, 0.4) is 0 Å². The summed E-state index contributed by atoms with van der Waals surface area (Å²) in [6.07, 6.45) is 1.33. The van der Waals surface area contributed by atoms with Gasteiger partial charge in [-0.05, 0) is 45.0 Å². The molecule has 0 saturated heterocycles. The average Bonchev–Trinajstić information content (AvgIpc) is 2.91. The minimum Gasteiger partial charge on any atom is -0.347 e. The monoisotopic (exact) mass is 287 g/mol. The standard InChI is InChI=1S/C14H17N5O2/c1-14(2,3)17-12(20)9-4-6-10(7-5-9)16-13(21)11-8-15-19-18-11/h4-8H,1-3H3,(H,16,21)(H,17,20)(H,15,18,19). The lowest BCUT2D eigenvalue weighted by atomic mass is 10.1. The second-order valence-corrected chi connectivity index (χ2v) is 5.59. The molecule has 0 radical (unpaired) electrons. The number of nitrogens with one attached hydrogen (secondary N) is 3. The number of rotatable bonds is 3. The van der Waals surface area contributed by atoms with E-state index in [9.17, 15) is 9.59 Å². The number of nitrogens with zero attached hydrogens (tertiary/aromatic N) is 2. The Morgan fingerprint density at radius 1 is 1.10 bits per heavy atom. The molecule has 1 heterocycles. The van der Waals surface area contributed by atoms with Gasteiger partial charge in [-0.25, -0.2) is 0 Å². The number of amides is 2. The summed E-state index contributed by atoms with van der Waals surface area (Å²) >= 11 is 0. The molecule has 0 fully saturated rings. The fourth-order valence-corrected chi connectivity index (χ4v) is 1.62. The van der Waals surface area contributed by atoms with Crippen LogP contribution in [0.1, 0.15) is 41.6 Å². The number of aromatic nitrogens is 3. The van der Waals surface area contributed by atoms with Gasteiger partial charge in [0.05, 0.1) is 6.20 Å². The van der Waals surface area contributed by atoms with Crippen LogP contribution in [0, 0.1) is 0 Å². The number of carbonyl (C=O) groups excluding carboxylic acids is 2. The fourth-order valence-electron chi connectivity index (χ4n) is 1.62. The zero-order chi connectivity index (χ0) is 15.5. The van der Waals surface area contributed by atoms with Gasteiger partial charge in [-0.15, -0.1) is 0 Å². The lowest BCUT2D eigenvalue weighted by Gasteiger charge is -2.20. The van der Waals surface area contributed by atoms with Crippen LogP contribution in [0.15, 0.2) is 30.5 Å². The largest absolute Gasteiger partial charge is 0.347 e. The number of hydrogen-bond donors (Lipinski definition) is 3. The lowest BCUT2D eigenvalue weighted by Crippen LogP contribution is -2.40. The first-order valence-electron chi connectivity index (χ1n) is 6.45. The molecule has 110 valence electrons. The molecule has 0 aliphatic rings. The van der Waals surface area contributed by atoms with E-state index in [1.807, 2.05) is 20.8 Å². The minimum absolute atomic E-state index is 0.156. The molecule has 0 bridgehead atoms. The molecule has 0 aliphatic heterocycles. The number of H-pyrrole nitrogens is 1. The van der Waals surface area contributed by atoms with Crippen molar-refractivity contribution in [1.29, 1.82) is 0 Å². The van der Waals surface area contributed by atoms with Crippen molar-refractivity contribution in [2.75, 3.05) is 5.32 Å². The molecule has 0 saturated carbocycles. The van der Waals surface area contributed by atoms with Crippen molar-refractivity contribution in [3.8, 4) is 0 Å². The summed E-state index contributed by atoms with van der Waals surface area (Å²) < 4.78 is 0. The fraction of sp³-hybridized carbons (Fsp3) is 0.286. The van der Waals surface area contributed by atoms with Crippen molar-refractivity contribution in [2.45, 2.75) is 26.3 Å². The normalized spacial score (nSPS) is 11.0. The number of carbonyl (C=O) groups is 2. The highest BCUT2D eigenvalue weighted by atomic mass is 16.2. The molecule has 0 unspecified atom stereocenters. The summed E-state index contributed by atoms with van der Waals surface area (Å²) in [4.78, 5) is 23.7. The molecule has 3 N–H and O–H groups in total. The van der Waals surface area contributed by atoms with Crippen LogP contribution in [0.25, 0.3) is 0 Å². The van der Waals surface area contributed by atoms with Crippen LogP contribution in [0.2, 0.25) is 0 Å². The highest BCUT2D eigenvalue weighted by molar-refractivity contribution is 6.03. The third-order valence-electron chi connectivity index (χ3n) is 2.54. The highest BCUT2D eigenvalue weighted by Gasteiger charge is 2.15. The molecule has 7 nitrogen and oxygen atoms in total. The van der Waals surface area contributed by atoms with Crippen LogP contribution in [0.5, 0.6) is 0 Å². The van der Waals surface area contributed by atoms with E-state index in [1.165, 1.54) is 6.20 Å². The molecule has 7 heteroatoms. The molecule has 0 spiro atoms. The van der Waals surface area contributed by atoms with E-state index in [2.05, 4.69) is 26.0 Å². The molecule has 1 aromatic carbocycles.